The summed E-state index contributed by atoms with van der Waals surface area (Å²) in [6.45, 7) is 4.44. The molecule has 8 rings (SSSR count). The van der Waals surface area contributed by atoms with Crippen LogP contribution in [-0.4, -0.2) is 69.8 Å². The van der Waals surface area contributed by atoms with Gasteiger partial charge in [-0.25, -0.2) is 9.37 Å². The normalized spacial score (nSPS) is 20.7. The SMILES string of the molecule is CN1CCN(c2ccc(Nc3cc(-c4cc(F)cc(N5CCn6c(cc7c6C6CCC7C6)C5=O)c4CO)cn(C)c3=O)nc2)CC1. The van der Waals surface area contributed by atoms with Crippen LogP contribution in [0.25, 0.3) is 11.1 Å². The molecule has 2 unspecified atom stereocenters. The monoisotopic (exact) mass is 623 g/mol. The maximum Gasteiger partial charge on any atom is 0.274 e. The zero-order valence-electron chi connectivity index (χ0n) is 26.2. The van der Waals surface area contributed by atoms with Crippen molar-refractivity contribution in [3.05, 3.63) is 87.5 Å². The lowest BCUT2D eigenvalue weighted by molar-refractivity contribution is 0.0964. The Kier molecular flexibility index (Phi) is 6.99. The number of aromatic nitrogens is 3. The van der Waals surface area contributed by atoms with Crippen molar-refractivity contribution >= 4 is 28.8 Å². The number of hydrogen-bond donors (Lipinski definition) is 2. The van der Waals surface area contributed by atoms with Gasteiger partial charge >= 0.3 is 0 Å². The molecule has 2 bridgehead atoms. The van der Waals surface area contributed by atoms with Crippen LogP contribution in [-0.2, 0) is 20.2 Å². The van der Waals surface area contributed by atoms with E-state index in [9.17, 15) is 14.7 Å². The molecule has 11 heteroatoms. The fourth-order valence-corrected chi connectivity index (χ4v) is 8.05. The third-order valence-electron chi connectivity index (χ3n) is 10.5. The molecule has 1 aromatic carbocycles. The van der Waals surface area contributed by atoms with Gasteiger partial charge in [0.1, 0.15) is 23.0 Å². The van der Waals surface area contributed by atoms with E-state index >= 15 is 4.39 Å². The summed E-state index contributed by atoms with van der Waals surface area (Å²) in [6, 6.07) is 10.2. The van der Waals surface area contributed by atoms with Crippen LogP contribution in [0.4, 0.5) is 27.3 Å². The van der Waals surface area contributed by atoms with Gasteiger partial charge in [-0.1, -0.05) is 0 Å². The van der Waals surface area contributed by atoms with E-state index in [2.05, 4.69) is 31.7 Å². The number of aryl methyl sites for hydroxylation is 1. The van der Waals surface area contributed by atoms with Gasteiger partial charge in [-0.2, -0.15) is 0 Å². The third kappa shape index (κ3) is 4.72. The van der Waals surface area contributed by atoms with E-state index in [1.807, 2.05) is 18.2 Å². The summed E-state index contributed by atoms with van der Waals surface area (Å²) in [7, 11) is 3.75. The standard InChI is InChI=1S/C35H38FN7O3/c1-39-7-9-41(10-8-39)25-5-6-32(37-18-25)38-29-14-23(19-40(2)34(29)45)26-15-24(36)16-30(28(26)20-44)43-12-11-42-31(35(43)46)17-27-21-3-4-22(13-21)33(27)42/h5-6,14-19,21-22,44H,3-4,7-13,20H2,1-2H3,(H,37,38). The summed E-state index contributed by atoms with van der Waals surface area (Å²) in [5.41, 5.74) is 6.02. The molecule has 4 aliphatic rings. The highest BCUT2D eigenvalue weighted by atomic mass is 19.1. The maximum atomic E-state index is 15.4. The van der Waals surface area contributed by atoms with Gasteiger partial charge in [0.2, 0.25) is 0 Å². The number of halogens is 1. The van der Waals surface area contributed by atoms with Crippen LogP contribution in [0.2, 0.25) is 0 Å². The molecule has 2 aliphatic carbocycles. The summed E-state index contributed by atoms with van der Waals surface area (Å²) in [5, 5.41) is 13.8. The number of nitrogens with one attached hydrogen (secondary N) is 1. The number of rotatable bonds is 6. The molecule has 0 radical (unpaired) electrons. The minimum absolute atomic E-state index is 0.180. The van der Waals surface area contributed by atoms with Crippen molar-refractivity contribution in [2.75, 3.05) is 54.9 Å². The van der Waals surface area contributed by atoms with Crippen LogP contribution in [0.1, 0.15) is 58.4 Å². The second kappa shape index (κ2) is 11.1. The van der Waals surface area contributed by atoms with Crippen molar-refractivity contribution in [3.63, 3.8) is 0 Å². The highest BCUT2D eigenvalue weighted by Crippen LogP contribution is 2.54. The van der Waals surface area contributed by atoms with E-state index in [-0.39, 0.29) is 17.2 Å². The molecule has 0 spiro atoms. The average Bonchev–Trinajstić information content (AvgIpc) is 3.78. The van der Waals surface area contributed by atoms with Crippen LogP contribution in [0.3, 0.4) is 0 Å². The summed E-state index contributed by atoms with van der Waals surface area (Å²) in [4.78, 5) is 37.8. The van der Waals surface area contributed by atoms with Crippen molar-refractivity contribution in [1.29, 1.82) is 0 Å². The first-order chi connectivity index (χ1) is 22.3. The van der Waals surface area contributed by atoms with E-state index in [0.717, 1.165) is 31.9 Å². The molecule has 46 heavy (non-hydrogen) atoms. The predicted molar refractivity (Wildman–Crippen MR) is 176 cm³/mol. The molecular formula is C35H38FN7O3. The van der Waals surface area contributed by atoms with E-state index in [4.69, 9.17) is 0 Å². The molecule has 2 aliphatic heterocycles. The predicted octanol–water partition coefficient (Wildman–Crippen LogP) is 4.40. The van der Waals surface area contributed by atoms with Gasteiger partial charge in [-0.05, 0) is 79.8 Å². The minimum Gasteiger partial charge on any atom is -0.392 e. The molecule has 2 atom stereocenters. The number of anilines is 4. The molecule has 1 amide bonds. The van der Waals surface area contributed by atoms with Crippen LogP contribution < -0.4 is 20.7 Å². The van der Waals surface area contributed by atoms with Gasteiger partial charge in [0.05, 0.1) is 24.2 Å². The molecule has 2 fully saturated rings. The zero-order valence-corrected chi connectivity index (χ0v) is 26.2. The fourth-order valence-electron chi connectivity index (χ4n) is 8.05. The minimum atomic E-state index is -0.527. The van der Waals surface area contributed by atoms with Crippen LogP contribution >= 0.6 is 0 Å². The number of hydrogen-bond acceptors (Lipinski definition) is 7. The number of benzene rings is 1. The molecule has 5 heterocycles. The first-order valence-corrected chi connectivity index (χ1v) is 16.1. The lowest BCUT2D eigenvalue weighted by atomic mass is 9.97. The number of carbonyl (C=O) groups excluding carboxylic acids is 1. The van der Waals surface area contributed by atoms with Gasteiger partial charge in [0.25, 0.3) is 11.5 Å². The molecule has 1 saturated carbocycles. The second-order valence-corrected chi connectivity index (χ2v) is 13.2. The molecule has 2 N–H and O–H groups in total. The summed E-state index contributed by atoms with van der Waals surface area (Å²) in [6.07, 6.45) is 6.96. The second-order valence-electron chi connectivity index (χ2n) is 13.2. The Morgan fingerprint density at radius 3 is 2.54 bits per heavy atom. The summed E-state index contributed by atoms with van der Waals surface area (Å²) >= 11 is 0. The summed E-state index contributed by atoms with van der Waals surface area (Å²) < 4.78 is 19.0. The highest BCUT2D eigenvalue weighted by molar-refractivity contribution is 6.07. The van der Waals surface area contributed by atoms with E-state index < -0.39 is 12.4 Å². The van der Waals surface area contributed by atoms with Crippen LogP contribution in [0.5, 0.6) is 0 Å². The topological polar surface area (TPSA) is 98.9 Å². The maximum absolute atomic E-state index is 15.4. The number of pyridine rings is 2. The Hall–Kier alpha value is -4.48. The number of aliphatic hydroxyl groups excluding tert-OH is 1. The van der Waals surface area contributed by atoms with E-state index in [1.165, 1.54) is 47.2 Å². The number of fused-ring (bicyclic) bond motifs is 7. The number of aliphatic hydroxyl groups is 1. The Labute approximate surface area is 266 Å². The number of piperazine rings is 1. The molecule has 10 nitrogen and oxygen atoms in total. The van der Waals surface area contributed by atoms with Gasteiger partial charge in [0, 0.05) is 75.3 Å². The van der Waals surface area contributed by atoms with Crippen LogP contribution in [0, 0.1) is 5.82 Å². The number of amides is 1. The first kappa shape index (κ1) is 29.0. The van der Waals surface area contributed by atoms with E-state index in [0.29, 0.717) is 58.8 Å². The third-order valence-corrected chi connectivity index (χ3v) is 10.5. The zero-order chi connectivity index (χ0) is 31.7. The Morgan fingerprint density at radius 1 is 0.978 bits per heavy atom. The Bertz CT molecular complexity index is 1910. The first-order valence-electron chi connectivity index (χ1n) is 16.1. The summed E-state index contributed by atoms with van der Waals surface area (Å²) in [5.74, 6) is 0.864. The Morgan fingerprint density at radius 2 is 1.78 bits per heavy atom. The average molecular weight is 624 g/mol. The molecule has 4 aromatic rings. The quantitative estimate of drug-likeness (QED) is 0.329. The lowest BCUT2D eigenvalue weighted by Gasteiger charge is -2.33. The fraction of sp³-hybridized carbons (Fsp3) is 0.400. The van der Waals surface area contributed by atoms with Crippen molar-refractivity contribution in [2.24, 2.45) is 7.05 Å². The van der Waals surface area contributed by atoms with Crippen molar-refractivity contribution in [1.82, 2.24) is 19.0 Å². The molecule has 1 saturated heterocycles. The van der Waals surface area contributed by atoms with Crippen LogP contribution in [0.15, 0.2) is 53.6 Å². The number of likely N-dealkylation sites (N-methyl/N-ethyl adjacent to an activating group) is 1. The number of nitrogens with zero attached hydrogens (tertiary/aromatic N) is 6. The van der Waals surface area contributed by atoms with Gasteiger partial charge in [-0.3, -0.25) is 9.59 Å². The molecule has 3 aromatic heterocycles. The van der Waals surface area contributed by atoms with E-state index in [1.54, 1.807) is 30.4 Å². The Balaban J connectivity index is 1.11. The molecule has 238 valence electrons. The van der Waals surface area contributed by atoms with Crippen molar-refractivity contribution < 1.29 is 14.3 Å². The molecular weight excluding hydrogens is 585 g/mol. The highest BCUT2D eigenvalue weighted by Gasteiger charge is 2.43. The van der Waals surface area contributed by atoms with Gasteiger partial charge in [0.15, 0.2) is 0 Å². The van der Waals surface area contributed by atoms with Crippen molar-refractivity contribution in [3.8, 4) is 11.1 Å². The van der Waals surface area contributed by atoms with Gasteiger partial charge < -0.3 is 34.3 Å². The lowest BCUT2D eigenvalue weighted by Crippen LogP contribution is -2.44. The van der Waals surface area contributed by atoms with Crippen molar-refractivity contribution in [2.45, 2.75) is 44.2 Å². The van der Waals surface area contributed by atoms with Gasteiger partial charge in [-0.15, -0.1) is 0 Å². The number of carbonyl (C=O) groups is 1. The largest absolute Gasteiger partial charge is 0.392 e. The smallest absolute Gasteiger partial charge is 0.274 e.